The fourth-order valence-electron chi connectivity index (χ4n) is 0.468. The first-order chi connectivity index (χ1) is 4.83. The summed E-state index contributed by atoms with van der Waals surface area (Å²) in [5, 5.41) is 8.27. The maximum atomic E-state index is 5.32. The Labute approximate surface area is 63.0 Å². The Hall–Kier alpha value is -0.840. The van der Waals surface area contributed by atoms with Crippen molar-refractivity contribution in [2.45, 2.75) is 13.3 Å². The SMILES string of the molecule is CCCOc1nnc(N)s1. The quantitative estimate of drug-likeness (QED) is 0.712. The lowest BCUT2D eigenvalue weighted by Crippen LogP contribution is -1.93. The lowest BCUT2D eigenvalue weighted by atomic mass is 10.5. The molecule has 0 aliphatic carbocycles. The first-order valence-corrected chi connectivity index (χ1v) is 3.86. The fourth-order valence-corrected chi connectivity index (χ4v) is 0.953. The van der Waals surface area contributed by atoms with Crippen molar-refractivity contribution < 1.29 is 4.74 Å². The Kier molecular flexibility index (Phi) is 2.44. The molecule has 0 aromatic carbocycles. The zero-order valence-electron chi connectivity index (χ0n) is 5.70. The molecule has 5 heteroatoms. The van der Waals surface area contributed by atoms with Crippen molar-refractivity contribution in [2.24, 2.45) is 0 Å². The lowest BCUT2D eigenvalue weighted by molar-refractivity contribution is 0.313. The average molecular weight is 159 g/mol. The van der Waals surface area contributed by atoms with Gasteiger partial charge in [0, 0.05) is 0 Å². The molecule has 0 fully saturated rings. The monoisotopic (exact) mass is 159 g/mol. The summed E-state index contributed by atoms with van der Waals surface area (Å²) in [6, 6.07) is 0. The molecule has 0 amide bonds. The number of nitrogens with zero attached hydrogens (tertiary/aromatic N) is 2. The summed E-state index contributed by atoms with van der Waals surface area (Å²) in [6.45, 7) is 2.71. The number of hydrogen-bond donors (Lipinski definition) is 1. The van der Waals surface area contributed by atoms with E-state index in [0.717, 1.165) is 6.42 Å². The summed E-state index contributed by atoms with van der Waals surface area (Å²) in [7, 11) is 0. The van der Waals surface area contributed by atoms with E-state index in [9.17, 15) is 0 Å². The largest absolute Gasteiger partial charge is 0.469 e. The van der Waals surface area contributed by atoms with Crippen LogP contribution in [0.4, 0.5) is 5.13 Å². The van der Waals surface area contributed by atoms with Gasteiger partial charge >= 0.3 is 0 Å². The maximum absolute atomic E-state index is 5.32. The number of ether oxygens (including phenoxy) is 1. The van der Waals surface area contributed by atoms with Crippen LogP contribution in [0.25, 0.3) is 0 Å². The molecule has 0 aliphatic heterocycles. The van der Waals surface area contributed by atoms with Gasteiger partial charge in [0.25, 0.3) is 5.19 Å². The fraction of sp³-hybridized carbons (Fsp3) is 0.600. The lowest BCUT2D eigenvalue weighted by Gasteiger charge is -1.94. The molecule has 0 saturated heterocycles. The Morgan fingerprint density at radius 1 is 1.60 bits per heavy atom. The van der Waals surface area contributed by atoms with Crippen molar-refractivity contribution in [3.8, 4) is 5.19 Å². The first kappa shape index (κ1) is 7.27. The van der Waals surface area contributed by atoms with Crippen LogP contribution in [0.2, 0.25) is 0 Å². The Bertz CT molecular complexity index is 201. The predicted molar refractivity (Wildman–Crippen MR) is 40.1 cm³/mol. The predicted octanol–water partition coefficient (Wildman–Crippen LogP) is 0.909. The van der Waals surface area contributed by atoms with E-state index in [-0.39, 0.29) is 0 Å². The number of anilines is 1. The Morgan fingerprint density at radius 3 is 2.90 bits per heavy atom. The average Bonchev–Trinajstić information content (AvgIpc) is 2.31. The van der Waals surface area contributed by atoms with Gasteiger partial charge in [-0.3, -0.25) is 0 Å². The third-order valence-electron chi connectivity index (χ3n) is 0.852. The summed E-state index contributed by atoms with van der Waals surface area (Å²) in [5.41, 5.74) is 5.32. The van der Waals surface area contributed by atoms with Crippen LogP contribution >= 0.6 is 11.3 Å². The van der Waals surface area contributed by atoms with Gasteiger partial charge in [0.1, 0.15) is 0 Å². The van der Waals surface area contributed by atoms with E-state index in [0.29, 0.717) is 16.9 Å². The molecule has 0 unspecified atom stereocenters. The second-order valence-electron chi connectivity index (χ2n) is 1.75. The first-order valence-electron chi connectivity index (χ1n) is 3.04. The molecular weight excluding hydrogens is 150 g/mol. The maximum Gasteiger partial charge on any atom is 0.295 e. The molecule has 0 bridgehead atoms. The van der Waals surface area contributed by atoms with Crippen LogP contribution in [0.3, 0.4) is 0 Å². The topological polar surface area (TPSA) is 61.0 Å². The highest BCUT2D eigenvalue weighted by Gasteiger charge is 1.98. The van der Waals surface area contributed by atoms with Crippen molar-refractivity contribution in [2.75, 3.05) is 12.3 Å². The molecule has 4 nitrogen and oxygen atoms in total. The van der Waals surface area contributed by atoms with Gasteiger partial charge in [-0.05, 0) is 17.8 Å². The Morgan fingerprint density at radius 2 is 2.40 bits per heavy atom. The van der Waals surface area contributed by atoms with Gasteiger partial charge in [0.15, 0.2) is 0 Å². The van der Waals surface area contributed by atoms with Crippen LogP contribution in [0.5, 0.6) is 5.19 Å². The summed E-state index contributed by atoms with van der Waals surface area (Å²) in [6.07, 6.45) is 0.972. The van der Waals surface area contributed by atoms with Crippen molar-refractivity contribution in [3.63, 3.8) is 0 Å². The number of aromatic nitrogens is 2. The molecule has 1 aromatic heterocycles. The third kappa shape index (κ3) is 1.84. The van der Waals surface area contributed by atoms with Crippen molar-refractivity contribution in [1.29, 1.82) is 0 Å². The zero-order valence-corrected chi connectivity index (χ0v) is 6.52. The van der Waals surface area contributed by atoms with Gasteiger partial charge in [-0.2, -0.15) is 0 Å². The molecule has 10 heavy (non-hydrogen) atoms. The minimum atomic E-state index is 0.450. The van der Waals surface area contributed by atoms with Crippen LogP contribution in [0.15, 0.2) is 0 Å². The number of nitrogen functional groups attached to an aromatic ring is 1. The van der Waals surface area contributed by atoms with E-state index in [4.69, 9.17) is 10.5 Å². The van der Waals surface area contributed by atoms with Crippen molar-refractivity contribution >= 4 is 16.5 Å². The molecular formula is C5H9N3OS. The van der Waals surface area contributed by atoms with E-state index < -0.39 is 0 Å². The third-order valence-corrected chi connectivity index (χ3v) is 1.52. The highest BCUT2D eigenvalue weighted by molar-refractivity contribution is 7.16. The minimum Gasteiger partial charge on any atom is -0.469 e. The molecule has 0 aliphatic rings. The molecule has 1 heterocycles. The van der Waals surface area contributed by atoms with Gasteiger partial charge in [0.2, 0.25) is 5.13 Å². The van der Waals surface area contributed by atoms with Crippen LogP contribution < -0.4 is 10.5 Å². The molecule has 0 radical (unpaired) electrons. The Balaban J connectivity index is 2.42. The van der Waals surface area contributed by atoms with Gasteiger partial charge in [-0.25, -0.2) is 0 Å². The number of hydrogen-bond acceptors (Lipinski definition) is 5. The van der Waals surface area contributed by atoms with Crippen LogP contribution in [0, 0.1) is 0 Å². The van der Waals surface area contributed by atoms with E-state index in [1.54, 1.807) is 0 Å². The van der Waals surface area contributed by atoms with Gasteiger partial charge in [-0.15, -0.1) is 5.10 Å². The van der Waals surface area contributed by atoms with Gasteiger partial charge in [0.05, 0.1) is 6.61 Å². The molecule has 1 rings (SSSR count). The van der Waals surface area contributed by atoms with Crippen LogP contribution in [-0.4, -0.2) is 16.8 Å². The molecule has 56 valence electrons. The highest BCUT2D eigenvalue weighted by Crippen LogP contribution is 2.18. The van der Waals surface area contributed by atoms with Gasteiger partial charge < -0.3 is 10.5 Å². The summed E-state index contributed by atoms with van der Waals surface area (Å²) in [5.74, 6) is 0. The van der Waals surface area contributed by atoms with Crippen LogP contribution in [-0.2, 0) is 0 Å². The van der Waals surface area contributed by atoms with Crippen LogP contribution in [0.1, 0.15) is 13.3 Å². The number of rotatable bonds is 3. The van der Waals surface area contributed by atoms with Gasteiger partial charge in [-0.1, -0.05) is 12.0 Å². The van der Waals surface area contributed by atoms with E-state index in [1.807, 2.05) is 6.92 Å². The minimum absolute atomic E-state index is 0.450. The second-order valence-corrected chi connectivity index (χ2v) is 2.73. The number of nitrogens with two attached hydrogens (primary N) is 1. The van der Waals surface area contributed by atoms with Crippen molar-refractivity contribution in [3.05, 3.63) is 0 Å². The van der Waals surface area contributed by atoms with E-state index in [1.165, 1.54) is 11.3 Å². The standard InChI is InChI=1S/C5H9N3OS/c1-2-3-9-5-8-7-4(6)10-5/h2-3H2,1H3,(H2,6,7). The smallest absolute Gasteiger partial charge is 0.295 e. The van der Waals surface area contributed by atoms with E-state index in [2.05, 4.69) is 10.2 Å². The second kappa shape index (κ2) is 3.36. The summed E-state index contributed by atoms with van der Waals surface area (Å²) < 4.78 is 5.14. The molecule has 0 atom stereocenters. The molecule has 2 N–H and O–H groups in total. The summed E-state index contributed by atoms with van der Waals surface area (Å²) >= 11 is 1.26. The zero-order chi connectivity index (χ0) is 7.40. The summed E-state index contributed by atoms with van der Waals surface area (Å²) in [4.78, 5) is 0. The van der Waals surface area contributed by atoms with E-state index >= 15 is 0 Å². The van der Waals surface area contributed by atoms with Crippen molar-refractivity contribution in [1.82, 2.24) is 10.2 Å². The molecule has 1 aromatic rings. The normalized spacial score (nSPS) is 9.70. The molecule has 0 saturated carbocycles. The molecule has 0 spiro atoms. The highest BCUT2D eigenvalue weighted by atomic mass is 32.1.